The minimum Gasteiger partial charge on any atom is -0.357 e. The lowest BCUT2D eigenvalue weighted by molar-refractivity contribution is -0.150. The number of hydrogen-bond donors (Lipinski definition) is 1. The molecule has 1 atom stereocenters. The van der Waals surface area contributed by atoms with Crippen LogP contribution in [-0.4, -0.2) is 56.2 Å². The van der Waals surface area contributed by atoms with Gasteiger partial charge in [-0.15, -0.1) is 0 Å². The van der Waals surface area contributed by atoms with E-state index in [0.717, 1.165) is 21.6 Å². The fraction of sp³-hybridized carbons (Fsp3) is 0.280. The van der Waals surface area contributed by atoms with Crippen LogP contribution < -0.4 is 5.32 Å². The summed E-state index contributed by atoms with van der Waals surface area (Å²) in [6.45, 7) is 0.699. The SMILES string of the molecule is O=C1CCC(N2C(=O)C3=C(C2=O)N(Cc2nc(-c4cccc(-c5ccsc5)c4)no2)CCC3)C(=O)N1. The zero-order valence-corrected chi connectivity index (χ0v) is 19.9. The molecule has 6 rings (SSSR count). The maximum atomic E-state index is 13.3. The number of amides is 4. The molecule has 1 saturated heterocycles. The number of rotatable bonds is 5. The van der Waals surface area contributed by atoms with Gasteiger partial charge in [-0.05, 0) is 53.3 Å². The third-order valence-electron chi connectivity index (χ3n) is 6.65. The topological polar surface area (TPSA) is 126 Å². The van der Waals surface area contributed by atoms with Crippen molar-refractivity contribution in [2.24, 2.45) is 0 Å². The number of piperidine rings is 1. The molecule has 10 nitrogen and oxygen atoms in total. The monoisotopic (exact) mass is 503 g/mol. The first-order chi connectivity index (χ1) is 17.5. The average Bonchev–Trinajstić information content (AvgIpc) is 3.62. The van der Waals surface area contributed by atoms with E-state index in [2.05, 4.69) is 20.8 Å². The van der Waals surface area contributed by atoms with E-state index in [9.17, 15) is 19.2 Å². The fourth-order valence-corrected chi connectivity index (χ4v) is 5.59. The van der Waals surface area contributed by atoms with Crippen LogP contribution in [0.25, 0.3) is 22.5 Å². The van der Waals surface area contributed by atoms with Gasteiger partial charge in [-0.3, -0.25) is 29.4 Å². The molecular formula is C25H21N5O5S. The smallest absolute Gasteiger partial charge is 0.278 e. The number of hydrogen-bond acceptors (Lipinski definition) is 9. The molecule has 1 fully saturated rings. The Balaban J connectivity index is 1.22. The Labute approximate surface area is 209 Å². The van der Waals surface area contributed by atoms with E-state index in [4.69, 9.17) is 4.52 Å². The van der Waals surface area contributed by atoms with Gasteiger partial charge in [0.2, 0.25) is 23.5 Å². The number of thiophene rings is 1. The van der Waals surface area contributed by atoms with Gasteiger partial charge in [0.1, 0.15) is 11.7 Å². The summed E-state index contributed by atoms with van der Waals surface area (Å²) in [6, 6.07) is 8.92. The molecule has 0 bridgehead atoms. The van der Waals surface area contributed by atoms with Crippen LogP contribution in [0.3, 0.4) is 0 Å². The number of benzene rings is 1. The highest BCUT2D eigenvalue weighted by Crippen LogP contribution is 2.35. The standard InChI is InChI=1S/C25H21N5O5S/c31-19-7-6-18(23(32)26-19)30-24(33)17-5-2-9-29(21(17)25(30)34)12-20-27-22(28-35-20)15-4-1-3-14(11-15)16-8-10-36-13-16/h1,3-4,8,10-11,13,18H,2,5-7,9,12H2,(H,26,31,32). The third kappa shape index (κ3) is 3.81. The highest BCUT2D eigenvalue weighted by molar-refractivity contribution is 7.08. The normalized spacial score (nSPS) is 20.3. The van der Waals surface area contributed by atoms with Crippen LogP contribution in [0, 0.1) is 0 Å². The Hall–Kier alpha value is -4.12. The molecule has 1 N–H and O–H groups in total. The van der Waals surface area contributed by atoms with Gasteiger partial charge in [-0.1, -0.05) is 23.4 Å². The number of nitrogens with one attached hydrogen (secondary N) is 1. The molecule has 1 unspecified atom stereocenters. The number of aromatic nitrogens is 2. The Morgan fingerprint density at radius 2 is 1.92 bits per heavy atom. The molecule has 4 amide bonds. The zero-order chi connectivity index (χ0) is 24.8. The van der Waals surface area contributed by atoms with Crippen LogP contribution in [0.15, 0.2) is 56.9 Å². The Bertz CT molecular complexity index is 1430. The summed E-state index contributed by atoms with van der Waals surface area (Å²) in [4.78, 5) is 57.6. The highest BCUT2D eigenvalue weighted by atomic mass is 32.1. The second-order valence-electron chi connectivity index (χ2n) is 8.90. The summed E-state index contributed by atoms with van der Waals surface area (Å²) in [7, 11) is 0. The Morgan fingerprint density at radius 3 is 2.72 bits per heavy atom. The lowest BCUT2D eigenvalue weighted by atomic mass is 10.0. The van der Waals surface area contributed by atoms with Crippen molar-refractivity contribution in [1.82, 2.24) is 25.3 Å². The van der Waals surface area contributed by atoms with Gasteiger partial charge in [-0.2, -0.15) is 16.3 Å². The van der Waals surface area contributed by atoms with Crippen molar-refractivity contribution < 1.29 is 23.7 Å². The molecule has 3 aliphatic heterocycles. The van der Waals surface area contributed by atoms with E-state index in [-0.39, 0.29) is 25.1 Å². The molecule has 182 valence electrons. The molecule has 0 aliphatic carbocycles. The van der Waals surface area contributed by atoms with Crippen LogP contribution in [0.1, 0.15) is 31.6 Å². The van der Waals surface area contributed by atoms with Crippen molar-refractivity contribution in [2.75, 3.05) is 6.54 Å². The first-order valence-electron chi connectivity index (χ1n) is 11.6. The average molecular weight is 504 g/mol. The van der Waals surface area contributed by atoms with Crippen LogP contribution in [0.4, 0.5) is 0 Å². The van der Waals surface area contributed by atoms with Gasteiger partial charge >= 0.3 is 0 Å². The molecule has 36 heavy (non-hydrogen) atoms. The van der Waals surface area contributed by atoms with E-state index >= 15 is 0 Å². The fourth-order valence-electron chi connectivity index (χ4n) is 4.93. The molecular weight excluding hydrogens is 482 g/mol. The molecule has 0 radical (unpaired) electrons. The van der Waals surface area contributed by atoms with Gasteiger partial charge in [0.25, 0.3) is 11.8 Å². The van der Waals surface area contributed by atoms with Crippen LogP contribution in [0.5, 0.6) is 0 Å². The predicted octanol–water partition coefficient (Wildman–Crippen LogP) is 2.49. The van der Waals surface area contributed by atoms with Crippen molar-refractivity contribution in [3.63, 3.8) is 0 Å². The number of carbonyl (C=O) groups excluding carboxylic acids is 4. The maximum Gasteiger partial charge on any atom is 0.278 e. The molecule has 1 aromatic carbocycles. The van der Waals surface area contributed by atoms with Crippen LogP contribution >= 0.6 is 11.3 Å². The van der Waals surface area contributed by atoms with E-state index in [0.29, 0.717) is 36.7 Å². The lowest BCUT2D eigenvalue weighted by Gasteiger charge is -2.29. The lowest BCUT2D eigenvalue weighted by Crippen LogP contribution is -2.55. The number of nitrogens with zero attached hydrogens (tertiary/aromatic N) is 4. The predicted molar refractivity (Wildman–Crippen MR) is 128 cm³/mol. The summed E-state index contributed by atoms with van der Waals surface area (Å²) in [5, 5.41) is 10.4. The molecule has 0 spiro atoms. The van der Waals surface area contributed by atoms with Gasteiger partial charge < -0.3 is 9.42 Å². The van der Waals surface area contributed by atoms with E-state index in [1.54, 1.807) is 16.2 Å². The van der Waals surface area contributed by atoms with Crippen LogP contribution in [-0.2, 0) is 25.7 Å². The number of imide groups is 2. The minimum atomic E-state index is -0.985. The molecule has 0 saturated carbocycles. The first kappa shape index (κ1) is 22.4. The van der Waals surface area contributed by atoms with E-state index < -0.39 is 29.7 Å². The van der Waals surface area contributed by atoms with Gasteiger partial charge in [0.05, 0.1) is 6.54 Å². The third-order valence-corrected chi connectivity index (χ3v) is 7.33. The highest BCUT2D eigenvalue weighted by Gasteiger charge is 2.48. The summed E-state index contributed by atoms with van der Waals surface area (Å²) >= 11 is 1.63. The minimum absolute atomic E-state index is 0.0836. The second-order valence-corrected chi connectivity index (χ2v) is 9.68. The Kier molecular flexibility index (Phi) is 5.48. The first-order valence-corrected chi connectivity index (χ1v) is 12.6. The number of carbonyl (C=O) groups is 4. The summed E-state index contributed by atoms with van der Waals surface area (Å²) in [6.07, 6.45) is 1.33. The quantitative estimate of drug-likeness (QED) is 0.527. The Morgan fingerprint density at radius 1 is 1.06 bits per heavy atom. The van der Waals surface area contributed by atoms with Gasteiger partial charge in [0, 0.05) is 24.1 Å². The van der Waals surface area contributed by atoms with Gasteiger partial charge in [-0.25, -0.2) is 0 Å². The summed E-state index contributed by atoms with van der Waals surface area (Å²) in [5.74, 6) is -1.25. The van der Waals surface area contributed by atoms with Crippen molar-refractivity contribution in [3.05, 3.63) is 58.3 Å². The van der Waals surface area contributed by atoms with Crippen molar-refractivity contribution >= 4 is 35.0 Å². The van der Waals surface area contributed by atoms with E-state index in [1.165, 1.54) is 0 Å². The molecule has 2 aromatic heterocycles. The van der Waals surface area contributed by atoms with Crippen molar-refractivity contribution in [2.45, 2.75) is 38.3 Å². The molecule has 5 heterocycles. The zero-order valence-electron chi connectivity index (χ0n) is 19.1. The maximum absolute atomic E-state index is 13.3. The molecule has 3 aromatic rings. The van der Waals surface area contributed by atoms with E-state index in [1.807, 2.05) is 35.7 Å². The van der Waals surface area contributed by atoms with Crippen LogP contribution in [0.2, 0.25) is 0 Å². The largest absolute Gasteiger partial charge is 0.357 e. The molecule has 3 aliphatic rings. The van der Waals surface area contributed by atoms with Crippen molar-refractivity contribution in [3.8, 4) is 22.5 Å². The summed E-state index contributed by atoms with van der Waals surface area (Å²) < 4.78 is 5.50. The van der Waals surface area contributed by atoms with Crippen molar-refractivity contribution in [1.29, 1.82) is 0 Å². The summed E-state index contributed by atoms with van der Waals surface area (Å²) in [5.41, 5.74) is 3.63. The van der Waals surface area contributed by atoms with Gasteiger partial charge in [0.15, 0.2) is 0 Å². The second kappa shape index (κ2) is 8.83. The molecule has 11 heteroatoms.